The molecule has 2 rings (SSSR count). The molecule has 0 saturated carbocycles. The zero-order valence-corrected chi connectivity index (χ0v) is 12.0. The van der Waals surface area contributed by atoms with Crippen molar-refractivity contribution in [1.82, 2.24) is 5.32 Å². The average molecular weight is 302 g/mol. The van der Waals surface area contributed by atoms with Crippen LogP contribution >= 0.6 is 11.6 Å². The number of nitrogens with one attached hydrogen (secondary N) is 1. The molecule has 1 aliphatic heterocycles. The normalized spacial score (nSPS) is 21.2. The maximum atomic E-state index is 11.7. The van der Waals surface area contributed by atoms with Gasteiger partial charge < -0.3 is 5.32 Å². The SMILES string of the molecule is O=C(CC1CCS(=O)(=O)C1)NCc1cccc(Cl)c1. The van der Waals surface area contributed by atoms with Gasteiger partial charge >= 0.3 is 0 Å². The van der Waals surface area contributed by atoms with Gasteiger partial charge in [-0.25, -0.2) is 8.42 Å². The van der Waals surface area contributed by atoms with Crippen molar-refractivity contribution in [2.45, 2.75) is 19.4 Å². The first-order valence-corrected chi connectivity index (χ1v) is 8.36. The van der Waals surface area contributed by atoms with E-state index in [-0.39, 0.29) is 29.8 Å². The number of rotatable bonds is 4. The van der Waals surface area contributed by atoms with E-state index in [0.29, 0.717) is 18.0 Å². The quantitative estimate of drug-likeness (QED) is 0.922. The van der Waals surface area contributed by atoms with Gasteiger partial charge in [-0.3, -0.25) is 4.79 Å². The summed E-state index contributed by atoms with van der Waals surface area (Å²) in [7, 11) is -2.91. The van der Waals surface area contributed by atoms with Crippen LogP contribution in [0.1, 0.15) is 18.4 Å². The Balaban J connectivity index is 1.79. The van der Waals surface area contributed by atoms with Crippen LogP contribution in [0.15, 0.2) is 24.3 Å². The van der Waals surface area contributed by atoms with E-state index >= 15 is 0 Å². The first-order valence-electron chi connectivity index (χ1n) is 6.16. The fraction of sp³-hybridized carbons (Fsp3) is 0.462. The van der Waals surface area contributed by atoms with Gasteiger partial charge in [0.15, 0.2) is 9.84 Å². The van der Waals surface area contributed by atoms with Crippen LogP contribution in [0.25, 0.3) is 0 Å². The van der Waals surface area contributed by atoms with Gasteiger partial charge in [-0.1, -0.05) is 23.7 Å². The summed E-state index contributed by atoms with van der Waals surface area (Å²) in [5, 5.41) is 3.42. The standard InChI is InChI=1S/C13H16ClNO3S/c14-12-3-1-2-10(6-12)8-15-13(16)7-11-4-5-19(17,18)9-11/h1-3,6,11H,4-5,7-9H2,(H,15,16). The van der Waals surface area contributed by atoms with Gasteiger partial charge in [-0.2, -0.15) is 0 Å². The van der Waals surface area contributed by atoms with Crippen LogP contribution in [-0.2, 0) is 21.2 Å². The van der Waals surface area contributed by atoms with Crippen molar-refractivity contribution in [1.29, 1.82) is 0 Å². The summed E-state index contributed by atoms with van der Waals surface area (Å²) >= 11 is 5.85. The summed E-state index contributed by atoms with van der Waals surface area (Å²) < 4.78 is 22.6. The summed E-state index contributed by atoms with van der Waals surface area (Å²) in [5.41, 5.74) is 0.930. The van der Waals surface area contributed by atoms with Gasteiger partial charge in [0.25, 0.3) is 0 Å². The zero-order chi connectivity index (χ0) is 13.9. The van der Waals surface area contributed by atoms with Crippen LogP contribution < -0.4 is 5.32 Å². The van der Waals surface area contributed by atoms with Crippen molar-refractivity contribution >= 4 is 27.3 Å². The molecule has 0 bridgehead atoms. The molecule has 1 aromatic rings. The topological polar surface area (TPSA) is 63.2 Å². The van der Waals surface area contributed by atoms with Crippen molar-refractivity contribution in [3.05, 3.63) is 34.9 Å². The molecule has 19 heavy (non-hydrogen) atoms. The summed E-state index contributed by atoms with van der Waals surface area (Å²) in [6.45, 7) is 0.416. The second-order valence-electron chi connectivity index (χ2n) is 4.88. The molecule has 1 saturated heterocycles. The molecule has 6 heteroatoms. The molecule has 0 radical (unpaired) electrons. The molecule has 0 aromatic heterocycles. The first kappa shape index (κ1) is 14.3. The van der Waals surface area contributed by atoms with E-state index in [1.807, 2.05) is 12.1 Å². The Labute approximate surface area is 118 Å². The van der Waals surface area contributed by atoms with Crippen LogP contribution in [0.3, 0.4) is 0 Å². The number of sulfone groups is 1. The number of benzene rings is 1. The minimum atomic E-state index is -2.91. The molecule has 1 fully saturated rings. The van der Waals surface area contributed by atoms with Crippen LogP contribution in [0.2, 0.25) is 5.02 Å². The van der Waals surface area contributed by atoms with Crippen LogP contribution in [0.4, 0.5) is 0 Å². The molecule has 1 N–H and O–H groups in total. The largest absolute Gasteiger partial charge is 0.352 e. The summed E-state index contributed by atoms with van der Waals surface area (Å²) in [4.78, 5) is 11.7. The van der Waals surface area contributed by atoms with Crippen molar-refractivity contribution in [2.75, 3.05) is 11.5 Å². The lowest BCUT2D eigenvalue weighted by Gasteiger charge is -2.09. The number of halogens is 1. The molecule has 0 aliphatic carbocycles. The van der Waals surface area contributed by atoms with Gasteiger partial charge in [-0.15, -0.1) is 0 Å². The van der Waals surface area contributed by atoms with E-state index < -0.39 is 9.84 Å². The highest BCUT2D eigenvalue weighted by atomic mass is 35.5. The minimum absolute atomic E-state index is 0.0376. The monoisotopic (exact) mass is 301 g/mol. The molecule has 0 spiro atoms. The lowest BCUT2D eigenvalue weighted by molar-refractivity contribution is -0.122. The van der Waals surface area contributed by atoms with E-state index in [1.165, 1.54) is 0 Å². The molecule has 1 heterocycles. The molecule has 104 valence electrons. The van der Waals surface area contributed by atoms with Crippen molar-refractivity contribution in [3.63, 3.8) is 0 Å². The second-order valence-corrected chi connectivity index (χ2v) is 7.54. The predicted octanol–water partition coefficient (Wildman–Crippen LogP) is 1.78. The molecule has 1 aromatic carbocycles. The maximum Gasteiger partial charge on any atom is 0.220 e. The zero-order valence-electron chi connectivity index (χ0n) is 10.4. The summed E-state index contributed by atoms with van der Waals surface area (Å²) in [6.07, 6.45) is 0.868. The first-order chi connectivity index (χ1) is 8.94. The fourth-order valence-corrected chi connectivity index (χ4v) is 4.29. The van der Waals surface area contributed by atoms with Gasteiger partial charge in [0.05, 0.1) is 11.5 Å². The highest BCUT2D eigenvalue weighted by Gasteiger charge is 2.29. The predicted molar refractivity (Wildman–Crippen MR) is 74.7 cm³/mol. The van der Waals surface area contributed by atoms with Crippen molar-refractivity contribution in [3.8, 4) is 0 Å². The van der Waals surface area contributed by atoms with Gasteiger partial charge in [0.2, 0.25) is 5.91 Å². The van der Waals surface area contributed by atoms with Gasteiger partial charge in [0.1, 0.15) is 0 Å². The maximum absolute atomic E-state index is 11.7. The molecule has 1 aliphatic rings. The highest BCUT2D eigenvalue weighted by molar-refractivity contribution is 7.91. The smallest absolute Gasteiger partial charge is 0.220 e. The fourth-order valence-electron chi connectivity index (χ4n) is 2.21. The number of carbonyl (C=O) groups is 1. The van der Waals surface area contributed by atoms with Gasteiger partial charge in [-0.05, 0) is 30.0 Å². The number of hydrogen-bond acceptors (Lipinski definition) is 3. The third kappa shape index (κ3) is 4.51. The minimum Gasteiger partial charge on any atom is -0.352 e. The molecule has 1 amide bonds. The van der Waals surface area contributed by atoms with Crippen LogP contribution in [-0.4, -0.2) is 25.8 Å². The Morgan fingerprint density at radius 1 is 1.42 bits per heavy atom. The van der Waals surface area contributed by atoms with E-state index in [1.54, 1.807) is 12.1 Å². The lowest BCUT2D eigenvalue weighted by atomic mass is 10.1. The number of amides is 1. The van der Waals surface area contributed by atoms with Crippen LogP contribution in [0.5, 0.6) is 0 Å². The van der Waals surface area contributed by atoms with E-state index in [9.17, 15) is 13.2 Å². The van der Waals surface area contributed by atoms with Gasteiger partial charge in [0, 0.05) is 18.0 Å². The molecule has 4 nitrogen and oxygen atoms in total. The molecular formula is C13H16ClNO3S. The second kappa shape index (κ2) is 5.92. The summed E-state index contributed by atoms with van der Waals surface area (Å²) in [6, 6.07) is 7.28. The van der Waals surface area contributed by atoms with Crippen LogP contribution in [0, 0.1) is 5.92 Å². The van der Waals surface area contributed by atoms with E-state index in [2.05, 4.69) is 5.32 Å². The lowest BCUT2D eigenvalue weighted by Crippen LogP contribution is -2.25. The van der Waals surface area contributed by atoms with E-state index in [4.69, 9.17) is 11.6 Å². The number of carbonyl (C=O) groups excluding carboxylic acids is 1. The highest BCUT2D eigenvalue weighted by Crippen LogP contribution is 2.21. The Morgan fingerprint density at radius 2 is 2.21 bits per heavy atom. The number of hydrogen-bond donors (Lipinski definition) is 1. The average Bonchev–Trinajstić information content (AvgIpc) is 2.66. The van der Waals surface area contributed by atoms with E-state index in [0.717, 1.165) is 5.56 Å². The Kier molecular flexibility index (Phi) is 4.47. The Hall–Kier alpha value is -1.07. The Morgan fingerprint density at radius 3 is 2.84 bits per heavy atom. The third-order valence-corrected chi connectivity index (χ3v) is 5.25. The molecule has 1 unspecified atom stereocenters. The summed E-state index contributed by atoms with van der Waals surface area (Å²) in [5.74, 6) is 0.197. The molecule has 1 atom stereocenters. The molecular weight excluding hydrogens is 286 g/mol. The third-order valence-electron chi connectivity index (χ3n) is 3.18. The van der Waals surface area contributed by atoms with Crippen molar-refractivity contribution in [2.24, 2.45) is 5.92 Å². The van der Waals surface area contributed by atoms with Crippen molar-refractivity contribution < 1.29 is 13.2 Å². The Bertz CT molecular complexity index is 571.